The summed E-state index contributed by atoms with van der Waals surface area (Å²) >= 11 is 1.26. The highest BCUT2D eigenvalue weighted by atomic mass is 32.1. The lowest BCUT2D eigenvalue weighted by molar-refractivity contribution is -0.147. The topological polar surface area (TPSA) is 92.3 Å². The van der Waals surface area contributed by atoms with Gasteiger partial charge in [-0.2, -0.15) is 0 Å². The highest BCUT2D eigenvalue weighted by Crippen LogP contribution is 2.53. The second-order valence-electron chi connectivity index (χ2n) is 7.87. The summed E-state index contributed by atoms with van der Waals surface area (Å²) < 4.78 is 0. The normalized spacial score (nSPS) is 28.1. The number of carbonyl (C=O) groups is 3. The molecule has 2 bridgehead atoms. The fraction of sp³-hybridized carbons (Fsp3) is 0.381. The molecule has 1 aromatic carbocycles. The molecule has 3 aliphatic rings. The molecule has 148 valence electrons. The zero-order chi connectivity index (χ0) is 20.1. The average molecular weight is 408 g/mol. The number of amides is 3. The first-order valence-electron chi connectivity index (χ1n) is 9.73. The number of carbonyl (C=O) groups excluding carboxylic acids is 3. The van der Waals surface area contributed by atoms with Crippen LogP contribution in [-0.2, 0) is 20.8 Å². The molecule has 7 nitrogen and oxygen atoms in total. The maximum Gasteiger partial charge on any atom is 0.249 e. The van der Waals surface area contributed by atoms with E-state index in [2.05, 4.69) is 27.7 Å². The van der Waals surface area contributed by atoms with E-state index in [0.29, 0.717) is 5.13 Å². The molecule has 0 unspecified atom stereocenters. The molecule has 8 heteroatoms. The first-order valence-corrected chi connectivity index (χ1v) is 10.5. The van der Waals surface area contributed by atoms with Gasteiger partial charge in [0, 0.05) is 6.42 Å². The Labute approximate surface area is 171 Å². The number of anilines is 1. The number of allylic oxidation sites excluding steroid dienone is 2. The Balaban J connectivity index is 1.46. The van der Waals surface area contributed by atoms with Gasteiger partial charge in [0.1, 0.15) is 11.0 Å². The fourth-order valence-electron chi connectivity index (χ4n) is 4.91. The Morgan fingerprint density at radius 3 is 2.38 bits per heavy atom. The van der Waals surface area contributed by atoms with E-state index in [0.717, 1.165) is 17.0 Å². The van der Waals surface area contributed by atoms with E-state index in [1.54, 1.807) is 6.92 Å². The number of rotatable bonds is 5. The number of imide groups is 1. The van der Waals surface area contributed by atoms with Crippen molar-refractivity contribution in [1.82, 2.24) is 15.1 Å². The Hall–Kier alpha value is -2.87. The first kappa shape index (κ1) is 18.2. The van der Waals surface area contributed by atoms with E-state index >= 15 is 0 Å². The second kappa shape index (κ2) is 6.88. The molecule has 2 fully saturated rings. The zero-order valence-corrected chi connectivity index (χ0v) is 16.6. The molecule has 0 spiro atoms. The predicted molar refractivity (Wildman–Crippen MR) is 107 cm³/mol. The number of aryl methyl sites for hydroxylation is 1. The largest absolute Gasteiger partial charge is 0.299 e. The van der Waals surface area contributed by atoms with E-state index in [1.807, 2.05) is 30.3 Å². The molecule has 1 saturated heterocycles. The molecule has 5 atom stereocenters. The van der Waals surface area contributed by atoms with Gasteiger partial charge in [-0.3, -0.25) is 24.6 Å². The van der Waals surface area contributed by atoms with Gasteiger partial charge in [-0.05, 0) is 30.7 Å². The summed E-state index contributed by atoms with van der Waals surface area (Å²) in [7, 11) is 0. The Morgan fingerprint density at radius 2 is 1.79 bits per heavy atom. The Morgan fingerprint density at radius 1 is 1.14 bits per heavy atom. The molecular weight excluding hydrogens is 388 g/mol. The highest BCUT2D eigenvalue weighted by molar-refractivity contribution is 7.15. The molecule has 1 saturated carbocycles. The maximum atomic E-state index is 13.2. The van der Waals surface area contributed by atoms with Crippen LogP contribution < -0.4 is 5.32 Å². The van der Waals surface area contributed by atoms with Gasteiger partial charge in [0.05, 0.1) is 11.8 Å². The summed E-state index contributed by atoms with van der Waals surface area (Å²) in [6, 6.07) is 8.53. The van der Waals surface area contributed by atoms with E-state index < -0.39 is 11.9 Å². The van der Waals surface area contributed by atoms with Crippen molar-refractivity contribution in [1.29, 1.82) is 0 Å². The molecule has 2 heterocycles. The number of likely N-dealkylation sites (tertiary alicyclic amines) is 1. The average Bonchev–Trinajstić information content (AvgIpc) is 3.47. The summed E-state index contributed by atoms with van der Waals surface area (Å²) in [5, 5.41) is 11.7. The molecule has 1 N–H and O–H groups in total. The van der Waals surface area contributed by atoms with Gasteiger partial charge in [-0.15, -0.1) is 10.2 Å². The van der Waals surface area contributed by atoms with Crippen molar-refractivity contribution >= 4 is 34.2 Å². The SMILES string of the molecule is Cc1nnc(NC(=O)[C@H](Cc2ccccc2)N2C(=O)[C@@H]3[C@H](C2=O)[C@H]2C=C[C@H]3C2)s1. The van der Waals surface area contributed by atoms with Crippen LogP contribution >= 0.6 is 11.3 Å². The third-order valence-electron chi connectivity index (χ3n) is 6.15. The van der Waals surface area contributed by atoms with Gasteiger partial charge in [-0.25, -0.2) is 0 Å². The minimum Gasteiger partial charge on any atom is -0.299 e. The molecule has 1 aromatic heterocycles. The fourth-order valence-corrected chi connectivity index (χ4v) is 5.50. The lowest BCUT2D eigenvalue weighted by atomic mass is 9.85. The Kier molecular flexibility index (Phi) is 4.31. The predicted octanol–water partition coefficient (Wildman–Crippen LogP) is 2.20. The Bertz CT molecular complexity index is 988. The monoisotopic (exact) mass is 408 g/mol. The number of fused-ring (bicyclic) bond motifs is 5. The highest BCUT2D eigenvalue weighted by Gasteiger charge is 2.61. The molecule has 3 amide bonds. The summed E-state index contributed by atoms with van der Waals surface area (Å²) in [5.74, 6) is -1.29. The molecular formula is C21H20N4O3S. The van der Waals surface area contributed by atoms with Crippen molar-refractivity contribution in [3.63, 3.8) is 0 Å². The molecule has 5 rings (SSSR count). The van der Waals surface area contributed by atoms with Crippen LogP contribution in [0.2, 0.25) is 0 Å². The van der Waals surface area contributed by atoms with Crippen molar-refractivity contribution < 1.29 is 14.4 Å². The smallest absolute Gasteiger partial charge is 0.249 e. The van der Waals surface area contributed by atoms with Crippen LogP contribution in [0.1, 0.15) is 17.0 Å². The molecule has 1 aliphatic heterocycles. The zero-order valence-electron chi connectivity index (χ0n) is 15.8. The standard InChI is InChI=1S/C21H20N4O3S/c1-11-23-24-21(29-11)22-18(26)15(9-12-5-3-2-4-6-12)25-19(27)16-13-7-8-14(10-13)17(16)20(25)28/h2-8,13-17H,9-10H2,1H3,(H,22,24,26)/t13-,14-,15-,16-,17+/m0/s1. The van der Waals surface area contributed by atoms with Gasteiger partial charge in [0.2, 0.25) is 22.9 Å². The lowest BCUT2D eigenvalue weighted by Gasteiger charge is -2.26. The van der Waals surface area contributed by atoms with Gasteiger partial charge < -0.3 is 0 Å². The van der Waals surface area contributed by atoms with Gasteiger partial charge in [-0.1, -0.05) is 53.8 Å². The molecule has 0 radical (unpaired) electrons. The van der Waals surface area contributed by atoms with E-state index in [1.165, 1.54) is 16.2 Å². The van der Waals surface area contributed by atoms with Crippen molar-refractivity contribution in [3.8, 4) is 0 Å². The lowest BCUT2D eigenvalue weighted by Crippen LogP contribution is -2.49. The van der Waals surface area contributed by atoms with E-state index in [9.17, 15) is 14.4 Å². The number of nitrogens with one attached hydrogen (secondary N) is 1. The third-order valence-corrected chi connectivity index (χ3v) is 6.90. The molecule has 2 aliphatic carbocycles. The van der Waals surface area contributed by atoms with Gasteiger partial charge in [0.15, 0.2) is 0 Å². The van der Waals surface area contributed by atoms with Crippen LogP contribution in [0.25, 0.3) is 0 Å². The summed E-state index contributed by atoms with van der Waals surface area (Å²) in [5.41, 5.74) is 0.889. The quantitative estimate of drug-likeness (QED) is 0.605. The summed E-state index contributed by atoms with van der Waals surface area (Å²) in [4.78, 5) is 40.9. The van der Waals surface area contributed by atoms with Crippen LogP contribution in [0.3, 0.4) is 0 Å². The molecule has 2 aromatic rings. The van der Waals surface area contributed by atoms with E-state index in [4.69, 9.17) is 0 Å². The number of aromatic nitrogens is 2. The minimum atomic E-state index is -0.911. The van der Waals surface area contributed by atoms with Crippen molar-refractivity contribution in [2.24, 2.45) is 23.7 Å². The van der Waals surface area contributed by atoms with Crippen molar-refractivity contribution in [3.05, 3.63) is 53.1 Å². The van der Waals surface area contributed by atoms with Crippen molar-refractivity contribution in [2.45, 2.75) is 25.8 Å². The van der Waals surface area contributed by atoms with Crippen LogP contribution in [0.4, 0.5) is 5.13 Å². The van der Waals surface area contributed by atoms with Crippen LogP contribution in [0, 0.1) is 30.6 Å². The van der Waals surface area contributed by atoms with Gasteiger partial charge in [0.25, 0.3) is 0 Å². The van der Waals surface area contributed by atoms with Crippen molar-refractivity contribution in [2.75, 3.05) is 5.32 Å². The second-order valence-corrected chi connectivity index (χ2v) is 9.05. The third kappa shape index (κ3) is 2.98. The van der Waals surface area contributed by atoms with Crippen LogP contribution in [-0.4, -0.2) is 38.9 Å². The first-order chi connectivity index (χ1) is 14.0. The van der Waals surface area contributed by atoms with Crippen LogP contribution in [0.15, 0.2) is 42.5 Å². The number of hydrogen-bond acceptors (Lipinski definition) is 6. The molecule has 29 heavy (non-hydrogen) atoms. The summed E-state index contributed by atoms with van der Waals surface area (Å²) in [6.07, 6.45) is 5.23. The number of hydrogen-bond donors (Lipinski definition) is 1. The minimum absolute atomic E-state index is 0.109. The number of benzene rings is 1. The summed E-state index contributed by atoms with van der Waals surface area (Å²) in [6.45, 7) is 1.80. The number of nitrogens with zero attached hydrogens (tertiary/aromatic N) is 3. The van der Waals surface area contributed by atoms with Gasteiger partial charge >= 0.3 is 0 Å². The maximum absolute atomic E-state index is 13.2. The van der Waals surface area contributed by atoms with Crippen LogP contribution in [0.5, 0.6) is 0 Å². The van der Waals surface area contributed by atoms with E-state index in [-0.39, 0.29) is 41.9 Å².